The Kier molecular flexibility index (Phi) is 2.26. The van der Waals surface area contributed by atoms with Crippen LogP contribution < -0.4 is 11.1 Å². The molecule has 5 aliphatic rings. The van der Waals surface area contributed by atoms with Gasteiger partial charge in [-0.15, -0.1) is 0 Å². The Hall–Kier alpha value is -1.01. The fourth-order valence-corrected chi connectivity index (χ4v) is 4.19. The molecular weight excluding hydrogens is 286 g/mol. The van der Waals surface area contributed by atoms with Crippen LogP contribution >= 0.6 is 0 Å². The number of guanidine groups is 1. The molecule has 0 aromatic carbocycles. The van der Waals surface area contributed by atoms with Crippen molar-refractivity contribution in [3.8, 4) is 0 Å². The molecule has 0 radical (unpaired) electrons. The fraction of sp³-hybridized carbons (Fsp3) is 0.909. The number of nitrogens with one attached hydrogen (secondary N) is 1. The highest BCUT2D eigenvalue weighted by atomic mass is 16.9. The number of rotatable bonds is 0. The Balaban J connectivity index is 1.95. The third-order valence-corrected chi connectivity index (χ3v) is 5.13. The van der Waals surface area contributed by atoms with Crippen molar-refractivity contribution in [1.29, 1.82) is 0 Å². The van der Waals surface area contributed by atoms with Gasteiger partial charge in [-0.3, -0.25) is 0 Å². The predicted octanol–water partition coefficient (Wildman–Crippen LogP) is -4.49. The van der Waals surface area contributed by atoms with E-state index in [4.69, 9.17) is 15.2 Å². The van der Waals surface area contributed by atoms with Crippen molar-refractivity contribution in [2.45, 2.75) is 54.7 Å². The summed E-state index contributed by atoms with van der Waals surface area (Å²) in [6.07, 6.45) is -6.96. The van der Waals surface area contributed by atoms with Gasteiger partial charge in [-0.2, -0.15) is 0 Å². The molecular formula is C11H17N3O7. The van der Waals surface area contributed by atoms with Gasteiger partial charge in [0, 0.05) is 0 Å². The van der Waals surface area contributed by atoms with Gasteiger partial charge < -0.3 is 46.1 Å². The second-order valence-corrected chi connectivity index (χ2v) is 6.29. The molecule has 0 aromatic heterocycles. The van der Waals surface area contributed by atoms with Crippen LogP contribution in [0.25, 0.3) is 0 Å². The van der Waals surface area contributed by atoms with Gasteiger partial charge in [0.1, 0.15) is 29.5 Å². The topological polar surface area (TPSA) is 170 Å². The van der Waals surface area contributed by atoms with Crippen molar-refractivity contribution >= 4 is 5.96 Å². The van der Waals surface area contributed by atoms with Gasteiger partial charge in [0.25, 0.3) is 0 Å². The number of hydrogen-bond donors (Lipinski definition) is 7. The quantitative estimate of drug-likeness (QED) is 0.233. The van der Waals surface area contributed by atoms with Crippen LogP contribution in [0.5, 0.6) is 0 Å². The largest absolute Gasteiger partial charge is 0.388 e. The molecule has 118 valence electrons. The average Bonchev–Trinajstić information content (AvgIpc) is 2.36. The van der Waals surface area contributed by atoms with E-state index < -0.39 is 53.7 Å². The van der Waals surface area contributed by atoms with Crippen molar-refractivity contribution in [2.75, 3.05) is 0 Å². The minimum absolute atomic E-state index is 0.193. The van der Waals surface area contributed by atoms with Crippen molar-refractivity contribution in [2.24, 2.45) is 16.6 Å². The molecule has 8 N–H and O–H groups in total. The van der Waals surface area contributed by atoms with Gasteiger partial charge in [-0.1, -0.05) is 0 Å². The smallest absolute Gasteiger partial charge is 0.311 e. The number of nitrogens with zero attached hydrogens (tertiary/aromatic N) is 1. The van der Waals surface area contributed by atoms with E-state index in [0.29, 0.717) is 0 Å². The predicted molar refractivity (Wildman–Crippen MR) is 64.3 cm³/mol. The highest BCUT2D eigenvalue weighted by Gasteiger charge is 2.82. The van der Waals surface area contributed by atoms with Crippen LogP contribution in [0.2, 0.25) is 0 Å². The summed E-state index contributed by atoms with van der Waals surface area (Å²) in [5, 5.41) is 54.7. The maximum absolute atomic E-state index is 10.6. The van der Waals surface area contributed by atoms with Gasteiger partial charge in [0.15, 0.2) is 18.3 Å². The van der Waals surface area contributed by atoms with Crippen molar-refractivity contribution in [3.63, 3.8) is 0 Å². The Bertz CT molecular complexity index is 542. The monoisotopic (exact) mass is 303 g/mol. The van der Waals surface area contributed by atoms with E-state index in [1.807, 2.05) is 0 Å². The summed E-state index contributed by atoms with van der Waals surface area (Å²) in [5.74, 6) is -3.62. The van der Waals surface area contributed by atoms with E-state index in [2.05, 4.69) is 10.3 Å². The molecule has 4 heterocycles. The zero-order chi connectivity index (χ0) is 15.4. The molecule has 4 bridgehead atoms. The lowest BCUT2D eigenvalue weighted by atomic mass is 9.55. The minimum Gasteiger partial charge on any atom is -0.388 e. The first kappa shape index (κ1) is 13.6. The lowest BCUT2D eigenvalue weighted by molar-refractivity contribution is -0.545. The molecule has 9 atom stereocenters. The molecule has 5 rings (SSSR count). The molecule has 0 amide bonds. The first-order chi connectivity index (χ1) is 9.64. The fourth-order valence-electron chi connectivity index (χ4n) is 4.19. The first-order valence-electron chi connectivity index (χ1n) is 6.60. The van der Waals surface area contributed by atoms with Gasteiger partial charge >= 0.3 is 5.97 Å². The Labute approximate surface area is 118 Å². The van der Waals surface area contributed by atoms with Crippen molar-refractivity contribution in [1.82, 2.24) is 5.32 Å². The summed E-state index contributed by atoms with van der Waals surface area (Å²) >= 11 is 0. The van der Waals surface area contributed by atoms with Crippen molar-refractivity contribution < 1.29 is 35.0 Å². The van der Waals surface area contributed by atoms with Crippen LogP contribution in [0.15, 0.2) is 4.99 Å². The van der Waals surface area contributed by atoms with E-state index in [0.717, 1.165) is 0 Å². The van der Waals surface area contributed by atoms with Crippen molar-refractivity contribution in [3.05, 3.63) is 0 Å². The molecule has 10 heteroatoms. The van der Waals surface area contributed by atoms with Crippen LogP contribution in [0.3, 0.4) is 0 Å². The summed E-state index contributed by atoms with van der Waals surface area (Å²) in [6, 6.07) is 0. The third kappa shape index (κ3) is 1.26. The van der Waals surface area contributed by atoms with Gasteiger partial charge in [-0.25, -0.2) is 4.99 Å². The Morgan fingerprint density at radius 3 is 2.48 bits per heavy atom. The molecule has 10 nitrogen and oxygen atoms in total. The molecule has 3 saturated heterocycles. The number of hydrogen-bond acceptors (Lipinski definition) is 10. The van der Waals surface area contributed by atoms with E-state index in [9.17, 15) is 25.5 Å². The second kappa shape index (κ2) is 3.49. The average molecular weight is 303 g/mol. The molecule has 4 aliphatic heterocycles. The number of aliphatic imine (C=N–C) groups is 1. The van der Waals surface area contributed by atoms with E-state index in [1.165, 1.54) is 6.92 Å². The normalized spacial score (nSPS) is 64.8. The highest BCUT2D eigenvalue weighted by molar-refractivity contribution is 5.80. The number of ether oxygens (including phenoxy) is 2. The van der Waals surface area contributed by atoms with Crippen LogP contribution in [0, 0.1) is 5.92 Å². The molecule has 21 heavy (non-hydrogen) atoms. The number of nitrogens with two attached hydrogens (primary N) is 1. The Morgan fingerprint density at radius 2 is 1.81 bits per heavy atom. The van der Waals surface area contributed by atoms with Crippen LogP contribution in [0.1, 0.15) is 6.92 Å². The molecule has 9 unspecified atom stereocenters. The first-order valence-corrected chi connectivity index (χ1v) is 6.60. The number of aliphatic hydroxyl groups excluding tert-OH is 3. The molecule has 1 aliphatic carbocycles. The SMILES string of the molecule is CC1(O)C2OC3(O)OC1C1C(O)N=C(N)NC1(C2O)C3O. The summed E-state index contributed by atoms with van der Waals surface area (Å²) in [4.78, 5) is 3.74. The minimum atomic E-state index is -2.41. The summed E-state index contributed by atoms with van der Waals surface area (Å²) in [7, 11) is 0. The number of aliphatic hydroxyl groups is 5. The molecule has 1 saturated carbocycles. The summed E-state index contributed by atoms with van der Waals surface area (Å²) < 4.78 is 10.4. The second-order valence-electron chi connectivity index (χ2n) is 6.29. The molecule has 4 fully saturated rings. The summed E-state index contributed by atoms with van der Waals surface area (Å²) in [5.41, 5.74) is 2.27. The third-order valence-electron chi connectivity index (χ3n) is 5.13. The molecule has 0 aromatic rings. The van der Waals surface area contributed by atoms with Crippen LogP contribution in [-0.4, -0.2) is 79.2 Å². The van der Waals surface area contributed by atoms with E-state index in [-0.39, 0.29) is 5.96 Å². The van der Waals surface area contributed by atoms with E-state index in [1.54, 1.807) is 0 Å². The Morgan fingerprint density at radius 1 is 1.19 bits per heavy atom. The zero-order valence-electron chi connectivity index (χ0n) is 11.0. The van der Waals surface area contributed by atoms with Gasteiger partial charge in [0.2, 0.25) is 0 Å². The lowest BCUT2D eigenvalue weighted by Gasteiger charge is -2.71. The van der Waals surface area contributed by atoms with Crippen LogP contribution in [0.4, 0.5) is 0 Å². The highest BCUT2D eigenvalue weighted by Crippen LogP contribution is 2.58. The van der Waals surface area contributed by atoms with Gasteiger partial charge in [-0.05, 0) is 6.92 Å². The van der Waals surface area contributed by atoms with E-state index >= 15 is 0 Å². The summed E-state index contributed by atoms with van der Waals surface area (Å²) in [6.45, 7) is 1.36. The lowest BCUT2D eigenvalue weighted by Crippen LogP contribution is -2.94. The molecule has 1 spiro atoms. The zero-order valence-corrected chi connectivity index (χ0v) is 11.0. The van der Waals surface area contributed by atoms with Crippen LogP contribution in [-0.2, 0) is 9.47 Å². The van der Waals surface area contributed by atoms with Gasteiger partial charge in [0.05, 0.1) is 5.92 Å². The standard InChI is InChI=1S/C11H17N3O7/c1-9(18)4-2-6(16)13-8(12)14-10(2)3(15)5(9)21-11(19,20-4)7(10)17/h2-7,15-19H,1H3,(H3,12,13,14). The maximum Gasteiger partial charge on any atom is 0.311 e. The maximum atomic E-state index is 10.6.